The Bertz CT molecular complexity index is 1120. The fourth-order valence-electron chi connectivity index (χ4n) is 5.37. The number of amides is 1. The van der Waals surface area contributed by atoms with Gasteiger partial charge in [-0.2, -0.15) is 0 Å². The first-order valence-corrected chi connectivity index (χ1v) is 20.3. The molecule has 18 nitrogen and oxygen atoms in total. The molecule has 1 saturated heterocycles. The summed E-state index contributed by atoms with van der Waals surface area (Å²) in [6.07, 6.45) is 3.51. The van der Waals surface area contributed by atoms with Crippen LogP contribution in [-0.4, -0.2) is 135 Å². The molecule has 1 heterocycles. The minimum absolute atomic E-state index is 0. The van der Waals surface area contributed by atoms with Crippen molar-refractivity contribution in [3.8, 4) is 0 Å². The van der Waals surface area contributed by atoms with E-state index in [-0.39, 0.29) is 65.7 Å². The van der Waals surface area contributed by atoms with Crippen LogP contribution in [0.1, 0.15) is 116 Å². The van der Waals surface area contributed by atoms with Crippen LogP contribution in [0.3, 0.4) is 0 Å². The van der Waals surface area contributed by atoms with E-state index in [1.54, 1.807) is 0 Å². The second-order valence-corrected chi connectivity index (χ2v) is 14.6. The maximum Gasteiger partial charge on any atom is 1.00 e. The van der Waals surface area contributed by atoms with Crippen molar-refractivity contribution in [2.75, 3.05) is 13.2 Å². The van der Waals surface area contributed by atoms with Gasteiger partial charge in [0, 0.05) is 6.54 Å². The molecule has 306 valence electrons. The summed E-state index contributed by atoms with van der Waals surface area (Å²) in [4.78, 5) is 12.4. The summed E-state index contributed by atoms with van der Waals surface area (Å²) in [6, 6.07) is 0. The van der Waals surface area contributed by atoms with Crippen LogP contribution in [-0.2, 0) is 39.2 Å². The molecule has 0 radical (unpaired) electrons. The molecular formula is C31H60NNa2O17S2-. The molecule has 22 heteroatoms. The van der Waals surface area contributed by atoms with Crippen LogP contribution >= 0.6 is 0 Å². The zero-order valence-electron chi connectivity index (χ0n) is 31.4. The number of ether oxygens (including phenoxy) is 2. The monoisotopic (exact) mass is 828 g/mol. The third-order valence-corrected chi connectivity index (χ3v) is 8.65. The van der Waals surface area contributed by atoms with Gasteiger partial charge in [0.05, 0.1) is 12.7 Å². The van der Waals surface area contributed by atoms with Crippen molar-refractivity contribution in [3.05, 3.63) is 6.92 Å². The third-order valence-electron chi connectivity index (χ3n) is 8.22. The predicted molar refractivity (Wildman–Crippen MR) is 180 cm³/mol. The summed E-state index contributed by atoms with van der Waals surface area (Å²) in [6.45, 7) is 4.75. The largest absolute Gasteiger partial charge is 1.00 e. The first-order valence-electron chi connectivity index (χ1n) is 17.6. The van der Waals surface area contributed by atoms with Crippen LogP contribution in [0.2, 0.25) is 0 Å². The molecular weight excluding hydrogens is 768 g/mol. The molecule has 0 aliphatic carbocycles. The zero-order chi connectivity index (χ0) is 39.0. The van der Waals surface area contributed by atoms with E-state index in [1.165, 1.54) is 83.5 Å². The Balaban J connectivity index is -0.00000333. The van der Waals surface area contributed by atoms with Gasteiger partial charge in [0.15, 0.2) is 12.4 Å². The molecule has 1 fully saturated rings. The van der Waals surface area contributed by atoms with E-state index in [1.807, 2.05) is 0 Å². The van der Waals surface area contributed by atoms with E-state index in [0.29, 0.717) is 6.42 Å². The maximum absolute atomic E-state index is 12.4. The molecule has 1 amide bonds. The second-order valence-electron chi connectivity index (χ2n) is 12.7. The van der Waals surface area contributed by atoms with Gasteiger partial charge in [-0.15, -0.1) is 0 Å². The predicted octanol–water partition coefficient (Wildman–Crippen LogP) is -5.65. The minimum atomic E-state index is -5.18. The van der Waals surface area contributed by atoms with Crippen molar-refractivity contribution in [2.24, 2.45) is 0 Å². The molecule has 0 aromatic heterocycles. The molecule has 1 aliphatic heterocycles. The Hall–Kier alpha value is 0.890. The van der Waals surface area contributed by atoms with Gasteiger partial charge in [-0.25, -0.2) is 16.8 Å². The van der Waals surface area contributed by atoms with Crippen LogP contribution in [0.25, 0.3) is 0 Å². The van der Waals surface area contributed by atoms with E-state index in [0.717, 1.165) is 19.3 Å². The average molecular weight is 829 g/mol. The third kappa shape index (κ3) is 30.6. The Labute approximate surface area is 359 Å². The maximum atomic E-state index is 12.4. The van der Waals surface area contributed by atoms with E-state index in [9.17, 15) is 48.4 Å². The zero-order valence-corrected chi connectivity index (χ0v) is 37.0. The summed E-state index contributed by atoms with van der Waals surface area (Å²) in [5.74, 6) is -0.939. The van der Waals surface area contributed by atoms with Crippen LogP contribution < -0.4 is 64.4 Å². The molecule has 53 heavy (non-hydrogen) atoms. The summed E-state index contributed by atoms with van der Waals surface area (Å²) in [5.41, 5.74) is 0. The Morgan fingerprint density at radius 2 is 1.15 bits per heavy atom. The van der Waals surface area contributed by atoms with Crippen molar-refractivity contribution in [1.29, 1.82) is 0 Å². The van der Waals surface area contributed by atoms with Gasteiger partial charge in [0.2, 0.25) is 20.8 Å². The molecule has 2 unspecified atom stereocenters. The smallest absolute Gasteiger partial charge is 0.726 e. The summed E-state index contributed by atoms with van der Waals surface area (Å²) >= 11 is 0. The molecule has 0 aromatic carbocycles. The Morgan fingerprint density at radius 3 is 1.53 bits per heavy atom. The van der Waals surface area contributed by atoms with Gasteiger partial charge in [0.25, 0.3) is 5.91 Å². The summed E-state index contributed by atoms with van der Waals surface area (Å²) in [5, 5.41) is 63.8. The number of aliphatic hydroxyl groups is 6. The quantitative estimate of drug-likeness (QED) is 0.0126. The van der Waals surface area contributed by atoms with Crippen molar-refractivity contribution in [2.45, 2.75) is 171 Å². The Kier molecular flexibility index (Phi) is 36.0. The van der Waals surface area contributed by atoms with Crippen LogP contribution in [0.5, 0.6) is 0 Å². The molecule has 1 aliphatic rings. The SMILES string of the molecule is O=S(=O)([O-])O.[CH2-][C@@H](O)[C@@H](O[C@H]1OC(COS(=O)(=O)[O-])[C@@H](O)[C@H](O)C1O)[C@H](O)[C@@H](O)C(=O)NCCCCCCCCCCCCCCCCCCC.[Na+].[Na+]. The standard InChI is InChI=1S/C31H60NO13S.2Na.H2O4S/c1-3-4-5-6-7-8-9-10-11-12-13-14-15-16-17-18-19-20-32-30(39)27(37)26(36)29(22(2)33)45-31-28(38)25(35)24(34)23(44-31)21-43-46(40,41)42;;;1-5(2,3)4/h22-29,31,33-38H,2-21H2,1H3,(H,32,39)(H,40,41,42);;;(H2,1,2,3,4)/q-1;2*+1;/p-2/t22-,23?,24-,25+,26-,27-,28?,29-,31-;;;/m1.../s1. The number of unbranched alkanes of at least 4 members (excludes halogenated alkanes) is 16. The fraction of sp³-hybridized carbons (Fsp3) is 0.935. The topological polar surface area (TPSA) is 313 Å². The van der Waals surface area contributed by atoms with E-state index < -0.39 is 88.4 Å². The number of aliphatic hydroxyl groups excluding tert-OH is 6. The van der Waals surface area contributed by atoms with Gasteiger partial charge in [-0.1, -0.05) is 110 Å². The van der Waals surface area contributed by atoms with Gasteiger partial charge in [0.1, 0.15) is 30.5 Å². The van der Waals surface area contributed by atoms with E-state index in [4.69, 9.17) is 27.0 Å². The average Bonchev–Trinajstić information content (AvgIpc) is 3.03. The van der Waals surface area contributed by atoms with Gasteiger partial charge in [-0.05, 0) is 12.5 Å². The van der Waals surface area contributed by atoms with Crippen molar-refractivity contribution in [1.82, 2.24) is 5.32 Å². The minimum Gasteiger partial charge on any atom is -0.726 e. The first kappa shape index (κ1) is 58.2. The number of nitrogens with one attached hydrogen (secondary N) is 1. The summed E-state index contributed by atoms with van der Waals surface area (Å²) < 4.78 is 79.6. The number of hydrogen-bond acceptors (Lipinski definition) is 16. The van der Waals surface area contributed by atoms with Gasteiger partial charge >= 0.3 is 59.1 Å². The summed E-state index contributed by atoms with van der Waals surface area (Å²) in [7, 11) is -10.1. The van der Waals surface area contributed by atoms with Crippen molar-refractivity contribution < 1.29 is 139 Å². The first-order chi connectivity index (χ1) is 23.8. The Morgan fingerprint density at radius 1 is 0.755 bits per heavy atom. The second kappa shape index (κ2) is 32.8. The number of carbonyl (C=O) groups is 1. The fourth-order valence-corrected chi connectivity index (χ4v) is 5.67. The van der Waals surface area contributed by atoms with Gasteiger partial charge in [-0.3, -0.25) is 13.5 Å². The van der Waals surface area contributed by atoms with Crippen molar-refractivity contribution >= 4 is 26.7 Å². The van der Waals surface area contributed by atoms with Crippen LogP contribution in [0.15, 0.2) is 0 Å². The molecule has 0 saturated carbocycles. The molecule has 0 bridgehead atoms. The molecule has 0 aromatic rings. The molecule has 0 spiro atoms. The van der Waals surface area contributed by atoms with E-state index in [2.05, 4.69) is 23.3 Å². The number of carbonyl (C=O) groups excluding carboxylic acids is 1. The normalized spacial score (nSPS) is 22.6. The molecule has 1 rings (SSSR count). The molecule has 8 N–H and O–H groups in total. The van der Waals surface area contributed by atoms with Crippen molar-refractivity contribution in [3.63, 3.8) is 0 Å². The van der Waals surface area contributed by atoms with E-state index >= 15 is 0 Å². The number of rotatable bonds is 27. The van der Waals surface area contributed by atoms with Crippen LogP contribution in [0.4, 0.5) is 0 Å². The van der Waals surface area contributed by atoms with Crippen LogP contribution in [0, 0.1) is 6.92 Å². The molecule has 9 atom stereocenters. The van der Waals surface area contributed by atoms with Gasteiger partial charge < -0.3 is 61.5 Å². The number of hydrogen-bond donors (Lipinski definition) is 8.